The van der Waals surface area contributed by atoms with Crippen LogP contribution in [0.2, 0.25) is 5.02 Å². The zero-order chi connectivity index (χ0) is 13.9. The molecule has 106 valence electrons. The summed E-state index contributed by atoms with van der Waals surface area (Å²) in [6, 6.07) is 5.38. The lowest BCUT2D eigenvalue weighted by atomic mass is 10.2. The molecule has 1 N–H and O–H groups in total. The Balaban J connectivity index is 1.58. The van der Waals surface area contributed by atoms with Crippen molar-refractivity contribution in [3.63, 3.8) is 0 Å². The third-order valence-electron chi connectivity index (χ3n) is 3.21. The molecule has 1 fully saturated rings. The molecule has 3 rings (SSSR count). The third kappa shape index (κ3) is 3.53. The van der Waals surface area contributed by atoms with Crippen LogP contribution in [0.1, 0.15) is 24.3 Å². The third-order valence-corrected chi connectivity index (χ3v) is 4.53. The first-order valence-corrected chi connectivity index (χ1v) is 7.93. The quantitative estimate of drug-likeness (QED) is 0.827. The minimum Gasteiger partial charge on any atom is -0.314 e. The molecular formula is C14H15ClFN3S. The molecule has 6 heteroatoms. The minimum absolute atomic E-state index is 0.118. The van der Waals surface area contributed by atoms with Crippen molar-refractivity contribution in [2.24, 2.45) is 0 Å². The number of halogens is 2. The van der Waals surface area contributed by atoms with E-state index in [0.717, 1.165) is 41.0 Å². The van der Waals surface area contributed by atoms with Gasteiger partial charge in [-0.15, -0.1) is 10.2 Å². The Morgan fingerprint density at radius 1 is 1.35 bits per heavy atom. The monoisotopic (exact) mass is 311 g/mol. The Bertz CT molecular complexity index is 598. The molecule has 0 unspecified atom stereocenters. The van der Waals surface area contributed by atoms with E-state index in [0.29, 0.717) is 0 Å². The number of rotatable bonds is 6. The molecule has 1 heterocycles. The van der Waals surface area contributed by atoms with Crippen molar-refractivity contribution in [1.29, 1.82) is 0 Å². The van der Waals surface area contributed by atoms with E-state index in [1.807, 2.05) is 0 Å². The summed E-state index contributed by atoms with van der Waals surface area (Å²) >= 11 is 7.33. The standard InChI is InChI=1S/C14H15ClFN3S/c15-11-8-9(3-6-12(11)16)14-19-18-13(20-14)2-1-7-17-10-4-5-10/h3,6,8,10,17H,1-2,4-5,7H2. The minimum atomic E-state index is -0.411. The maximum absolute atomic E-state index is 13.1. The van der Waals surface area contributed by atoms with Gasteiger partial charge in [0.25, 0.3) is 0 Å². The van der Waals surface area contributed by atoms with Crippen LogP contribution in [0, 0.1) is 5.82 Å². The van der Waals surface area contributed by atoms with Crippen LogP contribution in [0.3, 0.4) is 0 Å². The highest BCUT2D eigenvalue weighted by atomic mass is 35.5. The number of aromatic nitrogens is 2. The van der Waals surface area contributed by atoms with Crippen molar-refractivity contribution in [3.05, 3.63) is 34.0 Å². The summed E-state index contributed by atoms with van der Waals surface area (Å²) in [4.78, 5) is 0. The number of aryl methyl sites for hydroxylation is 1. The summed E-state index contributed by atoms with van der Waals surface area (Å²) in [5, 5.41) is 13.7. The van der Waals surface area contributed by atoms with Gasteiger partial charge in [0.15, 0.2) is 0 Å². The number of nitrogens with zero attached hydrogens (tertiary/aromatic N) is 2. The number of benzene rings is 1. The molecule has 0 radical (unpaired) electrons. The molecule has 1 aromatic heterocycles. The van der Waals surface area contributed by atoms with E-state index in [2.05, 4.69) is 15.5 Å². The molecule has 0 amide bonds. The smallest absolute Gasteiger partial charge is 0.147 e. The van der Waals surface area contributed by atoms with E-state index >= 15 is 0 Å². The van der Waals surface area contributed by atoms with Crippen LogP contribution in [0.5, 0.6) is 0 Å². The van der Waals surface area contributed by atoms with Gasteiger partial charge in [0, 0.05) is 18.0 Å². The first kappa shape index (κ1) is 13.9. The van der Waals surface area contributed by atoms with Crippen LogP contribution in [-0.4, -0.2) is 22.8 Å². The first-order valence-electron chi connectivity index (χ1n) is 6.73. The Morgan fingerprint density at radius 3 is 2.95 bits per heavy atom. The van der Waals surface area contributed by atoms with Crippen molar-refractivity contribution in [2.75, 3.05) is 6.54 Å². The van der Waals surface area contributed by atoms with Gasteiger partial charge in [-0.25, -0.2) is 4.39 Å². The van der Waals surface area contributed by atoms with Gasteiger partial charge in [-0.3, -0.25) is 0 Å². The van der Waals surface area contributed by atoms with E-state index in [-0.39, 0.29) is 5.02 Å². The summed E-state index contributed by atoms with van der Waals surface area (Å²) < 4.78 is 13.1. The summed E-state index contributed by atoms with van der Waals surface area (Å²) in [5.41, 5.74) is 0.816. The molecular weight excluding hydrogens is 297 g/mol. The van der Waals surface area contributed by atoms with Crippen molar-refractivity contribution in [1.82, 2.24) is 15.5 Å². The normalized spacial score (nSPS) is 14.7. The van der Waals surface area contributed by atoms with Gasteiger partial charge in [-0.1, -0.05) is 22.9 Å². The zero-order valence-corrected chi connectivity index (χ0v) is 12.5. The molecule has 2 aromatic rings. The fourth-order valence-electron chi connectivity index (χ4n) is 1.93. The van der Waals surface area contributed by atoms with E-state index < -0.39 is 5.82 Å². The van der Waals surface area contributed by atoms with E-state index in [1.54, 1.807) is 23.5 Å². The molecule has 1 aliphatic rings. The Kier molecular flexibility index (Phi) is 4.29. The predicted octanol–water partition coefficient (Wildman–Crippen LogP) is 3.68. The number of hydrogen-bond acceptors (Lipinski definition) is 4. The van der Waals surface area contributed by atoms with Gasteiger partial charge in [0.05, 0.1) is 5.02 Å². The fourth-order valence-corrected chi connectivity index (χ4v) is 2.99. The Morgan fingerprint density at radius 2 is 2.20 bits per heavy atom. The zero-order valence-electron chi connectivity index (χ0n) is 10.9. The molecule has 1 aliphatic carbocycles. The highest BCUT2D eigenvalue weighted by Gasteiger charge is 2.19. The average Bonchev–Trinajstić information content (AvgIpc) is 3.15. The largest absolute Gasteiger partial charge is 0.314 e. The van der Waals surface area contributed by atoms with Gasteiger partial charge >= 0.3 is 0 Å². The lowest BCUT2D eigenvalue weighted by Gasteiger charge is -1.99. The van der Waals surface area contributed by atoms with Crippen LogP contribution in [0.15, 0.2) is 18.2 Å². The number of nitrogens with one attached hydrogen (secondary N) is 1. The average molecular weight is 312 g/mol. The molecule has 0 bridgehead atoms. The molecule has 0 spiro atoms. The molecule has 20 heavy (non-hydrogen) atoms. The van der Waals surface area contributed by atoms with E-state index in [9.17, 15) is 4.39 Å². The van der Waals surface area contributed by atoms with Crippen LogP contribution in [0.25, 0.3) is 10.6 Å². The number of hydrogen-bond donors (Lipinski definition) is 1. The molecule has 1 aromatic carbocycles. The second-order valence-electron chi connectivity index (χ2n) is 4.96. The van der Waals surface area contributed by atoms with Crippen LogP contribution in [-0.2, 0) is 6.42 Å². The van der Waals surface area contributed by atoms with E-state index in [1.165, 1.54) is 18.9 Å². The first-order chi connectivity index (χ1) is 9.72. The van der Waals surface area contributed by atoms with E-state index in [4.69, 9.17) is 11.6 Å². The van der Waals surface area contributed by atoms with Gasteiger partial charge in [-0.2, -0.15) is 0 Å². The van der Waals surface area contributed by atoms with Crippen molar-refractivity contribution in [3.8, 4) is 10.6 Å². The van der Waals surface area contributed by atoms with Crippen molar-refractivity contribution < 1.29 is 4.39 Å². The fraction of sp³-hybridized carbons (Fsp3) is 0.429. The molecule has 0 atom stereocenters. The molecule has 0 saturated heterocycles. The summed E-state index contributed by atoms with van der Waals surface area (Å²) in [7, 11) is 0. The lowest BCUT2D eigenvalue weighted by molar-refractivity contribution is 0.628. The Hall–Kier alpha value is -1.04. The SMILES string of the molecule is Fc1ccc(-c2nnc(CCCNC3CC3)s2)cc1Cl. The topological polar surface area (TPSA) is 37.8 Å². The highest BCUT2D eigenvalue weighted by Crippen LogP contribution is 2.27. The Labute approximate surface area is 126 Å². The second-order valence-corrected chi connectivity index (χ2v) is 6.43. The maximum atomic E-state index is 13.1. The summed E-state index contributed by atoms with van der Waals surface area (Å²) in [6.07, 6.45) is 4.62. The lowest BCUT2D eigenvalue weighted by Crippen LogP contribution is -2.17. The van der Waals surface area contributed by atoms with Crippen LogP contribution < -0.4 is 5.32 Å². The van der Waals surface area contributed by atoms with Gasteiger partial charge in [0.1, 0.15) is 15.8 Å². The maximum Gasteiger partial charge on any atom is 0.147 e. The molecule has 0 aliphatic heterocycles. The van der Waals surface area contributed by atoms with Gasteiger partial charge in [0.2, 0.25) is 0 Å². The molecule has 3 nitrogen and oxygen atoms in total. The van der Waals surface area contributed by atoms with Gasteiger partial charge < -0.3 is 5.32 Å². The van der Waals surface area contributed by atoms with Crippen molar-refractivity contribution in [2.45, 2.75) is 31.7 Å². The second kappa shape index (κ2) is 6.16. The summed E-state index contributed by atoms with van der Waals surface area (Å²) in [6.45, 7) is 1.03. The van der Waals surface area contributed by atoms with Crippen molar-refractivity contribution >= 4 is 22.9 Å². The van der Waals surface area contributed by atoms with Crippen LogP contribution in [0.4, 0.5) is 4.39 Å². The predicted molar refractivity (Wildman–Crippen MR) is 79.7 cm³/mol. The van der Waals surface area contributed by atoms with Gasteiger partial charge in [-0.05, 0) is 44.0 Å². The van der Waals surface area contributed by atoms with Crippen LogP contribution >= 0.6 is 22.9 Å². The highest BCUT2D eigenvalue weighted by molar-refractivity contribution is 7.14. The summed E-state index contributed by atoms with van der Waals surface area (Å²) in [5.74, 6) is -0.411. The molecule has 1 saturated carbocycles.